The molecule has 400 valence electrons. The number of anilines is 6. The summed E-state index contributed by atoms with van der Waals surface area (Å²) in [6.45, 7) is 25.9. The number of amides is 1. The highest BCUT2D eigenvalue weighted by Gasteiger charge is 2.55. The van der Waals surface area contributed by atoms with Crippen LogP contribution in [0, 0.1) is 41.5 Å². The Balaban J connectivity index is 0.000000168. The fourth-order valence-corrected chi connectivity index (χ4v) is 12.3. The molecular weight excluding hydrogens is 985 g/mol. The molecule has 4 heterocycles. The van der Waals surface area contributed by atoms with Gasteiger partial charge in [-0.1, -0.05) is 48.5 Å². The van der Waals surface area contributed by atoms with Crippen LogP contribution in [0.3, 0.4) is 0 Å². The number of rotatable bonds is 10. The number of hydrogen-bond donors (Lipinski definition) is 1. The molecule has 79 heavy (non-hydrogen) atoms. The van der Waals surface area contributed by atoms with E-state index in [0.717, 1.165) is 105 Å². The van der Waals surface area contributed by atoms with E-state index >= 15 is 0 Å². The van der Waals surface area contributed by atoms with Gasteiger partial charge in [-0.3, -0.25) is 9.69 Å². The summed E-state index contributed by atoms with van der Waals surface area (Å²) in [4.78, 5) is 46.1. The van der Waals surface area contributed by atoms with Crippen molar-refractivity contribution in [2.45, 2.75) is 87.4 Å². The van der Waals surface area contributed by atoms with E-state index in [2.05, 4.69) is 118 Å². The number of nitrogens with zero attached hydrogens (tertiary/aromatic N) is 3. The number of nitrogens with one attached hydrogen (secondary N) is 1. The molecule has 0 aliphatic carbocycles. The van der Waals surface area contributed by atoms with Crippen molar-refractivity contribution >= 4 is 52.0 Å². The zero-order chi connectivity index (χ0) is 55.7. The molecule has 0 aromatic heterocycles. The van der Waals surface area contributed by atoms with Gasteiger partial charge in [0.2, 0.25) is 5.91 Å². The average Bonchev–Trinajstić information content (AvgIpc) is 3.70. The first-order chi connectivity index (χ1) is 38.0. The first-order valence-corrected chi connectivity index (χ1v) is 27.4. The maximum atomic E-state index is 13.4. The van der Waals surface area contributed by atoms with Gasteiger partial charge < -0.3 is 34.1 Å². The van der Waals surface area contributed by atoms with Crippen molar-refractivity contribution in [3.63, 3.8) is 0 Å². The Bertz CT molecular complexity index is 3760. The van der Waals surface area contributed by atoms with E-state index in [1.807, 2.05) is 106 Å². The lowest BCUT2D eigenvalue weighted by molar-refractivity contribution is -0.115. The van der Waals surface area contributed by atoms with Crippen molar-refractivity contribution in [1.82, 2.24) is 0 Å². The minimum Gasteiger partial charge on any atom is -0.456 e. The summed E-state index contributed by atoms with van der Waals surface area (Å²) < 4.78 is 26.0. The number of carbonyl (C=O) groups is 3. The third-order valence-electron chi connectivity index (χ3n) is 15.8. The summed E-state index contributed by atoms with van der Waals surface area (Å²) in [5, 5.41) is 3.61. The molecule has 2 unspecified atom stereocenters. The molecule has 4 aliphatic heterocycles. The van der Waals surface area contributed by atoms with Crippen LogP contribution in [0.15, 0.2) is 146 Å². The SMILES string of the molecule is CCN(CC)c1ccc2c(c1)Oc1cc(C)c(N(C(C)=O)c3cc(C)cc(C)c3)cc1C21OC(=O)c2ccccc21.CCN(CC)c1ccc2c(c1)Oc1cc(C)c(Nc3cc(C)cc(C)c3)cc1C21OC(=O)c2ccccc21. The highest BCUT2D eigenvalue weighted by atomic mass is 16.6. The molecule has 11 heteroatoms. The number of hydrogen-bond acceptors (Lipinski definition) is 10. The molecule has 1 amide bonds. The molecular formula is C68H66N4O7. The van der Waals surface area contributed by atoms with Crippen LogP contribution in [0.4, 0.5) is 34.1 Å². The zero-order valence-corrected chi connectivity index (χ0v) is 46.9. The lowest BCUT2D eigenvalue weighted by Gasteiger charge is -2.38. The second-order valence-corrected chi connectivity index (χ2v) is 21.1. The first kappa shape index (κ1) is 52.2. The van der Waals surface area contributed by atoms with E-state index in [9.17, 15) is 14.4 Å². The maximum absolute atomic E-state index is 13.4. The molecule has 4 aliphatic rings. The standard InChI is InChI=1S/C35H34N2O4.C33H32N2O3/c1-7-36(8-2)25-13-14-29-33(19-25)40-32-18-23(5)31(37(24(6)38)26-16-21(3)15-22(4)17-26)20-30(32)35(29)28-12-10-9-11-27(28)34(39)41-35;1-6-35(7-2)24-12-13-27-31(18-24)37-30-17-22(5)29(34-23-15-20(3)14-21(4)16-23)19-28(30)33(27)26-11-9-8-10-25(26)32(36)38-33/h9-20H,7-8H2,1-6H3;8-19,34H,6-7H2,1-5H3. The summed E-state index contributed by atoms with van der Waals surface area (Å²) in [6, 6.07) is 48.1. The van der Waals surface area contributed by atoms with E-state index in [-0.39, 0.29) is 17.8 Å². The molecule has 0 radical (unpaired) electrons. The summed E-state index contributed by atoms with van der Waals surface area (Å²) >= 11 is 0. The van der Waals surface area contributed by atoms with E-state index in [1.165, 1.54) is 11.1 Å². The summed E-state index contributed by atoms with van der Waals surface area (Å²) in [6.07, 6.45) is 0. The van der Waals surface area contributed by atoms with Crippen molar-refractivity contribution < 1.29 is 33.3 Å². The number of fused-ring (bicyclic) bond motifs is 12. The lowest BCUT2D eigenvalue weighted by atomic mass is 9.77. The third-order valence-corrected chi connectivity index (χ3v) is 15.8. The van der Waals surface area contributed by atoms with Crippen LogP contribution in [0.2, 0.25) is 0 Å². The van der Waals surface area contributed by atoms with Gasteiger partial charge in [0.05, 0.1) is 16.8 Å². The average molecular weight is 1050 g/mol. The summed E-state index contributed by atoms with van der Waals surface area (Å²) in [5.74, 6) is 1.84. The molecule has 8 aromatic rings. The molecule has 0 bridgehead atoms. The molecule has 8 aromatic carbocycles. The van der Waals surface area contributed by atoms with Crippen molar-refractivity contribution in [3.05, 3.63) is 223 Å². The van der Waals surface area contributed by atoms with E-state index in [1.54, 1.807) is 17.9 Å². The van der Waals surface area contributed by atoms with E-state index in [4.69, 9.17) is 18.9 Å². The van der Waals surface area contributed by atoms with Gasteiger partial charge in [0.15, 0.2) is 11.2 Å². The van der Waals surface area contributed by atoms with Crippen LogP contribution in [0.25, 0.3) is 0 Å². The van der Waals surface area contributed by atoms with Crippen LogP contribution < -0.4 is 29.5 Å². The number of carbonyl (C=O) groups excluding carboxylic acids is 3. The number of benzene rings is 8. The first-order valence-electron chi connectivity index (χ1n) is 27.4. The summed E-state index contributed by atoms with van der Waals surface area (Å²) in [5.41, 5.74) is 15.5. The molecule has 2 atom stereocenters. The van der Waals surface area contributed by atoms with Crippen LogP contribution in [0.1, 0.15) is 122 Å². The predicted molar refractivity (Wildman–Crippen MR) is 314 cm³/mol. The van der Waals surface area contributed by atoms with E-state index in [0.29, 0.717) is 45.4 Å². The number of ether oxygens (including phenoxy) is 4. The smallest absolute Gasteiger partial charge is 0.340 e. The minimum absolute atomic E-state index is 0.114. The highest BCUT2D eigenvalue weighted by molar-refractivity contribution is 6.01. The van der Waals surface area contributed by atoms with Crippen molar-refractivity contribution in [2.24, 2.45) is 0 Å². The Kier molecular flexibility index (Phi) is 13.4. The number of aryl methyl sites for hydroxylation is 6. The lowest BCUT2D eigenvalue weighted by Crippen LogP contribution is -2.34. The monoisotopic (exact) mass is 1050 g/mol. The minimum atomic E-state index is -1.22. The Morgan fingerprint density at radius 2 is 0.886 bits per heavy atom. The van der Waals surface area contributed by atoms with Crippen LogP contribution in [-0.2, 0) is 25.5 Å². The topological polar surface area (TPSA) is 110 Å². The van der Waals surface area contributed by atoms with Gasteiger partial charge in [0.1, 0.15) is 23.0 Å². The predicted octanol–water partition coefficient (Wildman–Crippen LogP) is 15.5. The van der Waals surface area contributed by atoms with Crippen LogP contribution in [0.5, 0.6) is 23.0 Å². The van der Waals surface area contributed by atoms with Gasteiger partial charge in [-0.15, -0.1) is 0 Å². The summed E-state index contributed by atoms with van der Waals surface area (Å²) in [7, 11) is 0. The fourth-order valence-electron chi connectivity index (χ4n) is 12.3. The Morgan fingerprint density at radius 1 is 0.456 bits per heavy atom. The van der Waals surface area contributed by atoms with Gasteiger partial charge in [-0.25, -0.2) is 9.59 Å². The zero-order valence-electron chi connectivity index (χ0n) is 46.9. The molecule has 2 spiro atoms. The fraction of sp³-hybridized carbons (Fsp3) is 0.250. The van der Waals surface area contributed by atoms with Crippen molar-refractivity contribution in [2.75, 3.05) is 46.2 Å². The van der Waals surface area contributed by atoms with Crippen molar-refractivity contribution in [1.29, 1.82) is 0 Å². The molecule has 1 N–H and O–H groups in total. The molecule has 0 saturated carbocycles. The van der Waals surface area contributed by atoms with Gasteiger partial charge in [0, 0.05) is 107 Å². The largest absolute Gasteiger partial charge is 0.456 e. The Hall–Kier alpha value is -8.83. The Morgan fingerprint density at radius 3 is 1.35 bits per heavy atom. The molecule has 0 saturated heterocycles. The van der Waals surface area contributed by atoms with Gasteiger partial charge in [0.25, 0.3) is 0 Å². The molecule has 12 rings (SSSR count). The number of esters is 2. The van der Waals surface area contributed by atoms with E-state index < -0.39 is 11.2 Å². The van der Waals surface area contributed by atoms with Crippen molar-refractivity contribution in [3.8, 4) is 23.0 Å². The maximum Gasteiger partial charge on any atom is 0.340 e. The second kappa shape index (κ2) is 20.2. The second-order valence-electron chi connectivity index (χ2n) is 21.1. The van der Waals surface area contributed by atoms with Gasteiger partial charge in [-0.2, -0.15) is 0 Å². The van der Waals surface area contributed by atoms with Gasteiger partial charge in [-0.05, 0) is 188 Å². The normalized spacial score (nSPS) is 16.6. The highest BCUT2D eigenvalue weighted by Crippen LogP contribution is 2.59. The van der Waals surface area contributed by atoms with Gasteiger partial charge >= 0.3 is 11.9 Å². The van der Waals surface area contributed by atoms with Crippen LogP contribution in [-0.4, -0.2) is 44.0 Å². The molecule has 11 nitrogen and oxygen atoms in total. The Labute approximate surface area is 463 Å². The molecule has 0 fully saturated rings. The third kappa shape index (κ3) is 8.72. The van der Waals surface area contributed by atoms with Crippen LogP contribution >= 0.6 is 0 Å². The quantitative estimate of drug-likeness (QED) is 0.133.